The van der Waals surface area contributed by atoms with Crippen molar-refractivity contribution in [3.05, 3.63) is 0 Å². The summed E-state index contributed by atoms with van der Waals surface area (Å²) in [5, 5.41) is 14.6. The number of nitrogens with zero attached hydrogens (tertiary/aromatic N) is 2. The maximum atomic E-state index is 8.33. The first-order valence-electron chi connectivity index (χ1n) is 5.24. The average Bonchev–Trinajstić information content (AvgIpc) is 2.16. The second-order valence-corrected chi connectivity index (χ2v) is 4.58. The van der Waals surface area contributed by atoms with E-state index in [-0.39, 0.29) is 5.54 Å². The van der Waals surface area contributed by atoms with Gasteiger partial charge in [0.15, 0.2) is 0 Å². The number of nitrogens with two attached hydrogens (primary N) is 1. The standard InChI is InChI=1S/C10H24N4O/c1-10(2,14(3)4)8-12-7-5-6-9(11)13-15/h12,15H,5-8H2,1-4H3,(H2,11,13). The number of oxime groups is 1. The summed E-state index contributed by atoms with van der Waals surface area (Å²) in [6.07, 6.45) is 1.52. The lowest BCUT2D eigenvalue weighted by Crippen LogP contribution is -2.46. The number of amidine groups is 1. The molecule has 0 radical (unpaired) electrons. The Balaban J connectivity index is 3.55. The SMILES string of the molecule is CN(C)C(C)(C)CNCCCC(N)=NO. The fourth-order valence-corrected chi connectivity index (χ4v) is 0.997. The zero-order chi connectivity index (χ0) is 11.9. The Morgan fingerprint density at radius 3 is 2.53 bits per heavy atom. The molecule has 0 bridgehead atoms. The Kier molecular flexibility index (Phi) is 6.27. The summed E-state index contributed by atoms with van der Waals surface area (Å²) in [6, 6.07) is 0. The smallest absolute Gasteiger partial charge is 0.139 e. The number of likely N-dealkylation sites (N-methyl/N-ethyl adjacent to an activating group) is 1. The van der Waals surface area contributed by atoms with Crippen molar-refractivity contribution in [1.29, 1.82) is 0 Å². The van der Waals surface area contributed by atoms with Crippen LogP contribution in [0.5, 0.6) is 0 Å². The predicted octanol–water partition coefficient (Wildman–Crippen LogP) is 0.443. The third-order valence-electron chi connectivity index (χ3n) is 2.68. The molecule has 0 aromatic heterocycles. The summed E-state index contributed by atoms with van der Waals surface area (Å²) in [5.41, 5.74) is 5.50. The number of rotatable bonds is 7. The second-order valence-electron chi connectivity index (χ2n) is 4.58. The highest BCUT2D eigenvalue weighted by Crippen LogP contribution is 2.07. The van der Waals surface area contributed by atoms with Gasteiger partial charge in [-0.15, -0.1) is 0 Å². The van der Waals surface area contributed by atoms with E-state index in [0.717, 1.165) is 19.5 Å². The predicted molar refractivity (Wildman–Crippen MR) is 63.3 cm³/mol. The third-order valence-corrected chi connectivity index (χ3v) is 2.68. The molecule has 0 saturated heterocycles. The molecule has 0 heterocycles. The Morgan fingerprint density at radius 2 is 2.07 bits per heavy atom. The molecular formula is C10H24N4O. The highest BCUT2D eigenvalue weighted by molar-refractivity contribution is 5.79. The van der Waals surface area contributed by atoms with Gasteiger partial charge in [0.25, 0.3) is 0 Å². The largest absolute Gasteiger partial charge is 0.409 e. The lowest BCUT2D eigenvalue weighted by Gasteiger charge is -2.32. The van der Waals surface area contributed by atoms with Crippen molar-refractivity contribution in [1.82, 2.24) is 10.2 Å². The van der Waals surface area contributed by atoms with Gasteiger partial charge in [0.2, 0.25) is 0 Å². The van der Waals surface area contributed by atoms with E-state index in [1.807, 2.05) is 0 Å². The van der Waals surface area contributed by atoms with E-state index in [9.17, 15) is 0 Å². The molecule has 0 rings (SSSR count). The maximum Gasteiger partial charge on any atom is 0.139 e. The number of hydrogen-bond donors (Lipinski definition) is 3. The minimum absolute atomic E-state index is 0.149. The summed E-state index contributed by atoms with van der Waals surface area (Å²) in [4.78, 5) is 2.18. The van der Waals surface area contributed by atoms with Crippen LogP contribution in [-0.2, 0) is 0 Å². The van der Waals surface area contributed by atoms with Gasteiger partial charge in [-0.25, -0.2) is 0 Å². The molecule has 0 spiro atoms. The molecule has 0 aliphatic rings. The molecule has 0 atom stereocenters. The zero-order valence-corrected chi connectivity index (χ0v) is 10.2. The van der Waals surface area contributed by atoms with E-state index in [2.05, 4.69) is 43.3 Å². The van der Waals surface area contributed by atoms with Gasteiger partial charge in [0.1, 0.15) is 5.84 Å². The van der Waals surface area contributed by atoms with Crippen LogP contribution in [0, 0.1) is 0 Å². The Bertz CT molecular complexity index is 202. The molecule has 0 aromatic rings. The van der Waals surface area contributed by atoms with Gasteiger partial charge in [-0.2, -0.15) is 0 Å². The molecule has 0 fully saturated rings. The van der Waals surface area contributed by atoms with Gasteiger partial charge in [-0.3, -0.25) is 0 Å². The molecule has 0 aromatic carbocycles. The molecule has 5 heteroatoms. The fraction of sp³-hybridized carbons (Fsp3) is 0.900. The van der Waals surface area contributed by atoms with Crippen LogP contribution in [0.2, 0.25) is 0 Å². The Hall–Kier alpha value is -0.810. The van der Waals surface area contributed by atoms with Gasteiger partial charge >= 0.3 is 0 Å². The minimum Gasteiger partial charge on any atom is -0.409 e. The van der Waals surface area contributed by atoms with Crippen molar-refractivity contribution in [2.24, 2.45) is 10.9 Å². The van der Waals surface area contributed by atoms with Crippen LogP contribution < -0.4 is 11.1 Å². The summed E-state index contributed by atoms with van der Waals surface area (Å²) >= 11 is 0. The van der Waals surface area contributed by atoms with Crippen LogP contribution in [0.15, 0.2) is 5.16 Å². The van der Waals surface area contributed by atoms with E-state index < -0.39 is 0 Å². The first-order valence-corrected chi connectivity index (χ1v) is 5.24. The van der Waals surface area contributed by atoms with Crippen molar-refractivity contribution < 1.29 is 5.21 Å². The topological polar surface area (TPSA) is 73.9 Å². The molecule has 0 aliphatic heterocycles. The van der Waals surface area contributed by atoms with E-state index in [0.29, 0.717) is 12.3 Å². The highest BCUT2D eigenvalue weighted by atomic mass is 16.4. The molecule has 5 nitrogen and oxygen atoms in total. The fourth-order valence-electron chi connectivity index (χ4n) is 0.997. The molecule has 0 aliphatic carbocycles. The van der Waals surface area contributed by atoms with Crippen molar-refractivity contribution in [2.45, 2.75) is 32.2 Å². The van der Waals surface area contributed by atoms with Crippen LogP contribution in [0.3, 0.4) is 0 Å². The average molecular weight is 216 g/mol. The van der Waals surface area contributed by atoms with Gasteiger partial charge < -0.3 is 21.2 Å². The first kappa shape index (κ1) is 14.2. The van der Waals surface area contributed by atoms with E-state index in [4.69, 9.17) is 10.9 Å². The molecule has 15 heavy (non-hydrogen) atoms. The van der Waals surface area contributed by atoms with E-state index >= 15 is 0 Å². The lowest BCUT2D eigenvalue weighted by molar-refractivity contribution is 0.190. The molecule has 4 N–H and O–H groups in total. The van der Waals surface area contributed by atoms with Crippen molar-refractivity contribution >= 4 is 5.84 Å². The van der Waals surface area contributed by atoms with Gasteiger partial charge in [-0.1, -0.05) is 5.16 Å². The number of nitrogens with one attached hydrogen (secondary N) is 1. The third kappa shape index (κ3) is 6.30. The van der Waals surface area contributed by atoms with Crippen LogP contribution >= 0.6 is 0 Å². The second kappa shape index (κ2) is 6.63. The van der Waals surface area contributed by atoms with Crippen LogP contribution in [0.1, 0.15) is 26.7 Å². The van der Waals surface area contributed by atoms with Gasteiger partial charge in [0, 0.05) is 18.5 Å². The van der Waals surface area contributed by atoms with Crippen molar-refractivity contribution in [3.8, 4) is 0 Å². The quantitative estimate of drug-likeness (QED) is 0.190. The summed E-state index contributed by atoms with van der Waals surface area (Å²) in [7, 11) is 4.14. The van der Waals surface area contributed by atoms with Crippen molar-refractivity contribution in [2.75, 3.05) is 27.2 Å². The van der Waals surface area contributed by atoms with E-state index in [1.165, 1.54) is 0 Å². The molecule has 0 saturated carbocycles. The van der Waals surface area contributed by atoms with E-state index in [1.54, 1.807) is 0 Å². The van der Waals surface area contributed by atoms with Crippen molar-refractivity contribution in [3.63, 3.8) is 0 Å². The van der Waals surface area contributed by atoms with Gasteiger partial charge in [0.05, 0.1) is 0 Å². The summed E-state index contributed by atoms with van der Waals surface area (Å²) in [5.74, 6) is 0.295. The first-order chi connectivity index (χ1) is 6.90. The maximum absolute atomic E-state index is 8.33. The van der Waals surface area contributed by atoms with Crippen LogP contribution in [0.25, 0.3) is 0 Å². The molecule has 0 unspecified atom stereocenters. The van der Waals surface area contributed by atoms with Gasteiger partial charge in [-0.05, 0) is 40.9 Å². The molecule has 90 valence electrons. The summed E-state index contributed by atoms with van der Waals surface area (Å²) in [6.45, 7) is 6.18. The lowest BCUT2D eigenvalue weighted by atomic mass is 10.0. The zero-order valence-electron chi connectivity index (χ0n) is 10.2. The summed E-state index contributed by atoms with van der Waals surface area (Å²) < 4.78 is 0. The number of hydrogen-bond acceptors (Lipinski definition) is 4. The molecular weight excluding hydrogens is 192 g/mol. The Labute approximate surface area is 92.3 Å². The normalized spacial score (nSPS) is 13.5. The van der Waals surface area contributed by atoms with Crippen LogP contribution in [0.4, 0.5) is 0 Å². The highest BCUT2D eigenvalue weighted by Gasteiger charge is 2.18. The molecule has 0 amide bonds. The minimum atomic E-state index is 0.149. The monoisotopic (exact) mass is 216 g/mol. The van der Waals surface area contributed by atoms with Crippen LogP contribution in [-0.4, -0.2) is 48.7 Å². The Morgan fingerprint density at radius 1 is 1.47 bits per heavy atom.